The number of anilines is 1. The van der Waals surface area contributed by atoms with E-state index >= 15 is 0 Å². The summed E-state index contributed by atoms with van der Waals surface area (Å²) in [7, 11) is 0. The summed E-state index contributed by atoms with van der Waals surface area (Å²) in [6.45, 7) is 1.28. The standard InChI is InChI=1S/C14H12N4/c15-9-12-3-1-2-4-13(12)18-7-5-14(10-16,11-17)6-8-18/h1-4H,5-8H2. The van der Waals surface area contributed by atoms with Crippen molar-refractivity contribution in [3.8, 4) is 18.2 Å². The predicted molar refractivity (Wildman–Crippen MR) is 66.3 cm³/mol. The topological polar surface area (TPSA) is 74.6 Å². The fourth-order valence-corrected chi connectivity index (χ4v) is 2.22. The molecular weight excluding hydrogens is 224 g/mol. The lowest BCUT2D eigenvalue weighted by Crippen LogP contribution is -2.39. The van der Waals surface area contributed by atoms with Crippen LogP contribution in [-0.2, 0) is 0 Å². The van der Waals surface area contributed by atoms with Crippen molar-refractivity contribution < 1.29 is 0 Å². The molecule has 1 aromatic carbocycles. The fraction of sp³-hybridized carbons (Fsp3) is 0.357. The first-order chi connectivity index (χ1) is 8.74. The van der Waals surface area contributed by atoms with Gasteiger partial charge < -0.3 is 4.90 Å². The number of nitriles is 3. The smallest absolute Gasteiger partial charge is 0.147 e. The third-order valence-electron chi connectivity index (χ3n) is 3.41. The van der Waals surface area contributed by atoms with Gasteiger partial charge in [-0.15, -0.1) is 0 Å². The molecule has 1 heterocycles. The van der Waals surface area contributed by atoms with E-state index in [2.05, 4.69) is 23.1 Å². The largest absolute Gasteiger partial charge is 0.370 e. The van der Waals surface area contributed by atoms with Crippen LogP contribution in [0.5, 0.6) is 0 Å². The second kappa shape index (κ2) is 4.78. The molecule has 4 heteroatoms. The van der Waals surface area contributed by atoms with E-state index < -0.39 is 5.41 Å². The highest BCUT2D eigenvalue weighted by Crippen LogP contribution is 2.33. The van der Waals surface area contributed by atoms with Gasteiger partial charge in [-0.2, -0.15) is 15.8 Å². The van der Waals surface area contributed by atoms with E-state index in [1.165, 1.54) is 0 Å². The van der Waals surface area contributed by atoms with Crippen molar-refractivity contribution in [1.29, 1.82) is 15.8 Å². The van der Waals surface area contributed by atoms with Crippen LogP contribution in [0.15, 0.2) is 24.3 Å². The molecule has 1 aliphatic heterocycles. The Morgan fingerprint density at radius 1 is 1.00 bits per heavy atom. The number of rotatable bonds is 1. The molecule has 1 fully saturated rings. The maximum absolute atomic E-state index is 9.06. The Labute approximate surface area is 106 Å². The molecule has 1 saturated heterocycles. The molecule has 1 aromatic rings. The van der Waals surface area contributed by atoms with Gasteiger partial charge in [0.25, 0.3) is 0 Å². The third kappa shape index (κ3) is 1.99. The third-order valence-corrected chi connectivity index (χ3v) is 3.41. The van der Waals surface area contributed by atoms with Crippen molar-refractivity contribution in [1.82, 2.24) is 0 Å². The Morgan fingerprint density at radius 3 is 2.17 bits per heavy atom. The number of benzene rings is 1. The summed E-state index contributed by atoms with van der Waals surface area (Å²) in [6, 6.07) is 13.8. The molecular formula is C14H12N4. The zero-order valence-electron chi connectivity index (χ0n) is 9.93. The number of hydrogen-bond acceptors (Lipinski definition) is 4. The van der Waals surface area contributed by atoms with Gasteiger partial charge in [-0.1, -0.05) is 12.1 Å². The monoisotopic (exact) mass is 236 g/mol. The number of nitrogens with zero attached hydrogens (tertiary/aromatic N) is 4. The zero-order valence-corrected chi connectivity index (χ0v) is 9.93. The van der Waals surface area contributed by atoms with Crippen molar-refractivity contribution in [2.24, 2.45) is 5.41 Å². The SMILES string of the molecule is N#Cc1ccccc1N1CCC(C#N)(C#N)CC1. The highest BCUT2D eigenvalue weighted by molar-refractivity contribution is 5.59. The number of hydrogen-bond donors (Lipinski definition) is 0. The van der Waals surface area contributed by atoms with E-state index in [0.29, 0.717) is 31.5 Å². The minimum atomic E-state index is -0.849. The molecule has 1 aliphatic rings. The molecule has 0 amide bonds. The van der Waals surface area contributed by atoms with Gasteiger partial charge in [0.05, 0.1) is 23.4 Å². The molecule has 0 spiro atoms. The minimum absolute atomic E-state index is 0.528. The average molecular weight is 236 g/mol. The first kappa shape index (κ1) is 12.0. The summed E-state index contributed by atoms with van der Waals surface area (Å²) in [4.78, 5) is 2.07. The van der Waals surface area contributed by atoms with Crippen LogP contribution >= 0.6 is 0 Å². The van der Waals surface area contributed by atoms with Crippen LogP contribution in [-0.4, -0.2) is 13.1 Å². The molecule has 2 rings (SSSR count). The zero-order chi connectivity index (χ0) is 13.0. The van der Waals surface area contributed by atoms with Gasteiger partial charge in [-0.3, -0.25) is 0 Å². The van der Waals surface area contributed by atoms with Crippen LogP contribution in [0.3, 0.4) is 0 Å². The molecule has 0 bridgehead atoms. The quantitative estimate of drug-likeness (QED) is 0.749. The summed E-state index contributed by atoms with van der Waals surface area (Å²) in [5.41, 5.74) is 0.682. The van der Waals surface area contributed by atoms with Gasteiger partial charge in [0.1, 0.15) is 11.5 Å². The minimum Gasteiger partial charge on any atom is -0.370 e. The van der Waals surface area contributed by atoms with Crippen molar-refractivity contribution in [3.05, 3.63) is 29.8 Å². The molecule has 0 unspecified atom stereocenters. The van der Waals surface area contributed by atoms with E-state index in [9.17, 15) is 0 Å². The number of piperidine rings is 1. The van der Waals surface area contributed by atoms with Crippen molar-refractivity contribution in [2.75, 3.05) is 18.0 Å². The summed E-state index contributed by atoms with van der Waals surface area (Å²) in [5, 5.41) is 27.2. The van der Waals surface area contributed by atoms with Crippen LogP contribution in [0.4, 0.5) is 5.69 Å². The summed E-state index contributed by atoms with van der Waals surface area (Å²) in [5.74, 6) is 0. The highest BCUT2D eigenvalue weighted by Gasteiger charge is 2.35. The Kier molecular flexibility index (Phi) is 3.18. The van der Waals surface area contributed by atoms with Crippen LogP contribution in [0.2, 0.25) is 0 Å². The van der Waals surface area contributed by atoms with Crippen molar-refractivity contribution >= 4 is 5.69 Å². The molecule has 0 atom stereocenters. The lowest BCUT2D eigenvalue weighted by Gasteiger charge is -2.35. The highest BCUT2D eigenvalue weighted by atomic mass is 15.1. The normalized spacial score (nSPS) is 17.3. The molecule has 0 aliphatic carbocycles. The van der Waals surface area contributed by atoms with Gasteiger partial charge in [0.15, 0.2) is 0 Å². The molecule has 0 N–H and O–H groups in total. The van der Waals surface area contributed by atoms with Gasteiger partial charge >= 0.3 is 0 Å². The maximum Gasteiger partial charge on any atom is 0.147 e. The molecule has 0 radical (unpaired) electrons. The van der Waals surface area contributed by atoms with Crippen LogP contribution < -0.4 is 4.90 Å². The summed E-state index contributed by atoms with van der Waals surface area (Å²) >= 11 is 0. The van der Waals surface area contributed by atoms with E-state index in [-0.39, 0.29) is 0 Å². The average Bonchev–Trinajstić information content (AvgIpc) is 2.47. The van der Waals surface area contributed by atoms with Gasteiger partial charge in [-0.25, -0.2) is 0 Å². The van der Waals surface area contributed by atoms with Gasteiger partial charge in [0, 0.05) is 13.1 Å². The van der Waals surface area contributed by atoms with Crippen LogP contribution in [0, 0.1) is 39.4 Å². The van der Waals surface area contributed by atoms with E-state index in [4.69, 9.17) is 15.8 Å². The van der Waals surface area contributed by atoms with E-state index in [1.54, 1.807) is 6.07 Å². The molecule has 0 aromatic heterocycles. The summed E-state index contributed by atoms with van der Waals surface area (Å²) < 4.78 is 0. The Hall–Kier alpha value is -2.51. The second-order valence-electron chi connectivity index (χ2n) is 4.42. The van der Waals surface area contributed by atoms with Gasteiger partial charge in [-0.05, 0) is 25.0 Å². The van der Waals surface area contributed by atoms with Crippen molar-refractivity contribution in [2.45, 2.75) is 12.8 Å². The molecule has 4 nitrogen and oxygen atoms in total. The van der Waals surface area contributed by atoms with E-state index in [0.717, 1.165) is 5.69 Å². The second-order valence-corrected chi connectivity index (χ2v) is 4.42. The number of para-hydroxylation sites is 1. The predicted octanol–water partition coefficient (Wildman–Crippen LogP) is 2.19. The Bertz CT molecular complexity index is 547. The van der Waals surface area contributed by atoms with E-state index in [1.807, 2.05) is 18.2 Å². The van der Waals surface area contributed by atoms with Crippen LogP contribution in [0.25, 0.3) is 0 Å². The molecule has 0 saturated carbocycles. The lowest BCUT2D eigenvalue weighted by atomic mass is 9.81. The molecule has 18 heavy (non-hydrogen) atoms. The fourth-order valence-electron chi connectivity index (χ4n) is 2.22. The van der Waals surface area contributed by atoms with Crippen LogP contribution in [0.1, 0.15) is 18.4 Å². The van der Waals surface area contributed by atoms with Gasteiger partial charge in [0.2, 0.25) is 0 Å². The van der Waals surface area contributed by atoms with Crippen molar-refractivity contribution in [3.63, 3.8) is 0 Å². The first-order valence-electron chi connectivity index (χ1n) is 5.81. The maximum atomic E-state index is 9.06. The Balaban J connectivity index is 2.19. The lowest BCUT2D eigenvalue weighted by molar-refractivity contribution is 0.393. The molecule has 88 valence electrons. The Morgan fingerprint density at radius 2 is 1.61 bits per heavy atom. The summed E-state index contributed by atoms with van der Waals surface area (Å²) in [6.07, 6.45) is 1.06. The first-order valence-corrected chi connectivity index (χ1v) is 5.81.